The van der Waals surface area contributed by atoms with Gasteiger partial charge in [-0.15, -0.1) is 0 Å². The van der Waals surface area contributed by atoms with E-state index < -0.39 is 0 Å². The molecule has 0 saturated heterocycles. The first kappa shape index (κ1) is 11.2. The molecule has 3 heteroatoms. The number of oxazole rings is 1. The SMILES string of the molecule is CCc1cnc(CCCNC(C)C)o1. The maximum atomic E-state index is 5.50. The predicted octanol–water partition coefficient (Wildman–Crippen LogP) is 2.17. The first-order valence-electron chi connectivity index (χ1n) is 5.39. The summed E-state index contributed by atoms with van der Waals surface area (Å²) in [6.45, 7) is 7.41. The van der Waals surface area contributed by atoms with E-state index in [-0.39, 0.29) is 0 Å². The van der Waals surface area contributed by atoms with Crippen LogP contribution in [0.15, 0.2) is 10.6 Å². The highest BCUT2D eigenvalue weighted by Gasteiger charge is 2.01. The molecule has 1 heterocycles. The molecule has 0 unspecified atom stereocenters. The Bertz CT molecular complexity index is 256. The molecule has 0 aliphatic carbocycles. The van der Waals surface area contributed by atoms with Gasteiger partial charge in [0.15, 0.2) is 5.89 Å². The normalized spacial score (nSPS) is 11.1. The molecule has 0 radical (unpaired) electrons. The van der Waals surface area contributed by atoms with Crippen LogP contribution in [0, 0.1) is 0 Å². The van der Waals surface area contributed by atoms with Gasteiger partial charge in [-0.2, -0.15) is 0 Å². The molecule has 80 valence electrons. The van der Waals surface area contributed by atoms with E-state index in [0.29, 0.717) is 6.04 Å². The summed E-state index contributed by atoms with van der Waals surface area (Å²) in [5.74, 6) is 1.85. The fraction of sp³-hybridized carbons (Fsp3) is 0.727. The molecule has 14 heavy (non-hydrogen) atoms. The van der Waals surface area contributed by atoms with Crippen LogP contribution in [0.25, 0.3) is 0 Å². The van der Waals surface area contributed by atoms with E-state index in [4.69, 9.17) is 4.42 Å². The van der Waals surface area contributed by atoms with E-state index in [0.717, 1.165) is 37.5 Å². The second-order valence-corrected chi connectivity index (χ2v) is 3.79. The molecule has 1 aromatic rings. The lowest BCUT2D eigenvalue weighted by atomic mass is 10.3. The van der Waals surface area contributed by atoms with Crippen LogP contribution < -0.4 is 5.32 Å². The van der Waals surface area contributed by atoms with Crippen molar-refractivity contribution < 1.29 is 4.42 Å². The first-order chi connectivity index (χ1) is 6.72. The second-order valence-electron chi connectivity index (χ2n) is 3.79. The molecule has 0 fully saturated rings. The Balaban J connectivity index is 2.18. The minimum atomic E-state index is 0.561. The number of rotatable bonds is 6. The summed E-state index contributed by atoms with van der Waals surface area (Å²) in [5.41, 5.74) is 0. The van der Waals surface area contributed by atoms with Crippen molar-refractivity contribution in [3.05, 3.63) is 17.8 Å². The summed E-state index contributed by atoms with van der Waals surface area (Å²) in [4.78, 5) is 4.21. The van der Waals surface area contributed by atoms with Crippen molar-refractivity contribution in [1.82, 2.24) is 10.3 Å². The van der Waals surface area contributed by atoms with Gasteiger partial charge in [0.05, 0.1) is 6.20 Å². The highest BCUT2D eigenvalue weighted by molar-refractivity contribution is 4.93. The van der Waals surface area contributed by atoms with Crippen molar-refractivity contribution >= 4 is 0 Å². The zero-order chi connectivity index (χ0) is 10.4. The van der Waals surface area contributed by atoms with Crippen LogP contribution in [0.1, 0.15) is 38.8 Å². The first-order valence-corrected chi connectivity index (χ1v) is 5.39. The standard InChI is InChI=1S/C11H20N2O/c1-4-10-8-13-11(14-10)6-5-7-12-9(2)3/h8-9,12H,4-7H2,1-3H3. The van der Waals surface area contributed by atoms with Gasteiger partial charge in [0.25, 0.3) is 0 Å². The molecular weight excluding hydrogens is 176 g/mol. The van der Waals surface area contributed by atoms with Crippen molar-refractivity contribution in [3.63, 3.8) is 0 Å². The Morgan fingerprint density at radius 2 is 2.29 bits per heavy atom. The van der Waals surface area contributed by atoms with Crippen molar-refractivity contribution in [2.75, 3.05) is 6.54 Å². The van der Waals surface area contributed by atoms with Crippen LogP contribution in [0.5, 0.6) is 0 Å². The number of aromatic nitrogens is 1. The summed E-state index contributed by atoms with van der Waals surface area (Å²) in [5, 5.41) is 3.37. The molecule has 1 rings (SSSR count). The molecule has 0 bridgehead atoms. The molecular formula is C11H20N2O. The van der Waals surface area contributed by atoms with Crippen LogP contribution in [0.3, 0.4) is 0 Å². The number of hydrogen-bond donors (Lipinski definition) is 1. The molecule has 0 saturated carbocycles. The third-order valence-electron chi connectivity index (χ3n) is 2.07. The van der Waals surface area contributed by atoms with Gasteiger partial charge in [-0.3, -0.25) is 0 Å². The topological polar surface area (TPSA) is 38.1 Å². The average molecular weight is 196 g/mol. The molecule has 1 N–H and O–H groups in total. The van der Waals surface area contributed by atoms with E-state index in [1.165, 1.54) is 0 Å². The number of nitrogens with one attached hydrogen (secondary N) is 1. The van der Waals surface area contributed by atoms with E-state index in [2.05, 4.69) is 31.1 Å². The maximum absolute atomic E-state index is 5.50. The molecule has 0 atom stereocenters. The summed E-state index contributed by atoms with van der Waals surface area (Å²) < 4.78 is 5.50. The van der Waals surface area contributed by atoms with Crippen LogP contribution in [0.4, 0.5) is 0 Å². The Kier molecular flexibility index (Phi) is 4.66. The van der Waals surface area contributed by atoms with Gasteiger partial charge in [-0.05, 0) is 13.0 Å². The Morgan fingerprint density at radius 3 is 2.86 bits per heavy atom. The Labute approximate surface area is 85.9 Å². The average Bonchev–Trinajstić information content (AvgIpc) is 2.60. The van der Waals surface area contributed by atoms with E-state index in [9.17, 15) is 0 Å². The third kappa shape index (κ3) is 3.92. The lowest BCUT2D eigenvalue weighted by Crippen LogP contribution is -2.23. The lowest BCUT2D eigenvalue weighted by Gasteiger charge is -2.05. The maximum Gasteiger partial charge on any atom is 0.194 e. The van der Waals surface area contributed by atoms with Crippen molar-refractivity contribution in [3.8, 4) is 0 Å². The molecule has 0 aromatic carbocycles. The van der Waals surface area contributed by atoms with E-state index in [1.54, 1.807) is 0 Å². The summed E-state index contributed by atoms with van der Waals surface area (Å²) in [6.07, 6.45) is 4.77. The van der Waals surface area contributed by atoms with Gasteiger partial charge >= 0.3 is 0 Å². The largest absolute Gasteiger partial charge is 0.446 e. The molecule has 0 aliphatic heterocycles. The second kappa shape index (κ2) is 5.81. The van der Waals surface area contributed by atoms with Gasteiger partial charge in [-0.1, -0.05) is 20.8 Å². The lowest BCUT2D eigenvalue weighted by molar-refractivity contribution is 0.446. The number of hydrogen-bond acceptors (Lipinski definition) is 3. The summed E-state index contributed by atoms with van der Waals surface area (Å²) in [7, 11) is 0. The van der Waals surface area contributed by atoms with E-state index >= 15 is 0 Å². The Morgan fingerprint density at radius 1 is 1.50 bits per heavy atom. The van der Waals surface area contributed by atoms with Gasteiger partial charge in [0.1, 0.15) is 5.76 Å². The predicted molar refractivity (Wildman–Crippen MR) is 57.3 cm³/mol. The monoisotopic (exact) mass is 196 g/mol. The van der Waals surface area contributed by atoms with Crippen molar-refractivity contribution in [1.29, 1.82) is 0 Å². The summed E-state index contributed by atoms with van der Waals surface area (Å²) >= 11 is 0. The molecule has 0 amide bonds. The van der Waals surface area contributed by atoms with Gasteiger partial charge < -0.3 is 9.73 Å². The number of nitrogens with zero attached hydrogens (tertiary/aromatic N) is 1. The quantitative estimate of drug-likeness (QED) is 0.709. The van der Waals surface area contributed by atoms with E-state index in [1.807, 2.05) is 6.20 Å². The van der Waals surface area contributed by atoms with Crippen LogP contribution in [-0.2, 0) is 12.8 Å². The van der Waals surface area contributed by atoms with Crippen LogP contribution in [-0.4, -0.2) is 17.6 Å². The van der Waals surface area contributed by atoms with Gasteiger partial charge in [0, 0.05) is 18.9 Å². The minimum Gasteiger partial charge on any atom is -0.446 e. The fourth-order valence-corrected chi connectivity index (χ4v) is 1.26. The Hall–Kier alpha value is -0.830. The third-order valence-corrected chi connectivity index (χ3v) is 2.07. The van der Waals surface area contributed by atoms with Crippen LogP contribution >= 0.6 is 0 Å². The van der Waals surface area contributed by atoms with Crippen molar-refractivity contribution in [2.45, 2.75) is 46.1 Å². The fourth-order valence-electron chi connectivity index (χ4n) is 1.26. The molecule has 3 nitrogen and oxygen atoms in total. The number of aryl methyl sites for hydroxylation is 2. The molecule has 0 spiro atoms. The van der Waals surface area contributed by atoms with Crippen LogP contribution in [0.2, 0.25) is 0 Å². The molecule has 1 aromatic heterocycles. The smallest absolute Gasteiger partial charge is 0.194 e. The van der Waals surface area contributed by atoms with Gasteiger partial charge in [0.2, 0.25) is 0 Å². The van der Waals surface area contributed by atoms with Crippen molar-refractivity contribution in [2.24, 2.45) is 0 Å². The minimum absolute atomic E-state index is 0.561. The molecule has 0 aliphatic rings. The zero-order valence-corrected chi connectivity index (χ0v) is 9.34. The summed E-state index contributed by atoms with van der Waals surface area (Å²) in [6, 6.07) is 0.561. The highest BCUT2D eigenvalue weighted by Crippen LogP contribution is 2.05. The highest BCUT2D eigenvalue weighted by atomic mass is 16.4. The zero-order valence-electron chi connectivity index (χ0n) is 9.34. The van der Waals surface area contributed by atoms with Gasteiger partial charge in [-0.25, -0.2) is 4.98 Å².